The van der Waals surface area contributed by atoms with Crippen molar-refractivity contribution in [2.75, 3.05) is 173 Å². The van der Waals surface area contributed by atoms with E-state index in [4.69, 9.17) is 96.7 Å². The van der Waals surface area contributed by atoms with Crippen LogP contribution < -0.4 is 42.5 Å². The maximum atomic E-state index is 14.6. The third kappa shape index (κ3) is 33.1. The number of rotatable bonds is 71. The van der Waals surface area contributed by atoms with Gasteiger partial charge >= 0.3 is 0 Å². The number of hydrogen-bond donors (Lipinski definition) is 9. The highest BCUT2D eigenvalue weighted by Crippen LogP contribution is 2.38. The molecule has 148 heavy (non-hydrogen) atoms. The molecule has 38 heteroatoms. The molecule has 12 rings (SSSR count). The first-order chi connectivity index (χ1) is 71.6. The molecule has 5 amide bonds. The lowest BCUT2D eigenvalue weighted by Gasteiger charge is -2.33. The van der Waals surface area contributed by atoms with Crippen molar-refractivity contribution in [2.45, 2.75) is 245 Å². The summed E-state index contributed by atoms with van der Waals surface area (Å²) in [7, 11) is 0. The highest BCUT2D eigenvalue weighted by molar-refractivity contribution is 6.12. The summed E-state index contributed by atoms with van der Waals surface area (Å²) in [5.74, 6) is 3.56. The number of benzene rings is 4. The summed E-state index contributed by atoms with van der Waals surface area (Å²) in [6.07, 6.45) is 4.89. The fraction of sp³-hybridized carbons (Fsp3) is 0.591. The molecule has 4 atom stereocenters. The fourth-order valence-electron chi connectivity index (χ4n) is 18.6. The van der Waals surface area contributed by atoms with Crippen molar-refractivity contribution in [3.8, 4) is 0 Å². The van der Waals surface area contributed by atoms with Crippen LogP contribution in [0.4, 0.5) is 23.3 Å². The number of nitrogens with zero attached hydrogens (tertiary/aromatic N) is 12. The molecule has 0 radical (unpaired) electrons. The molecule has 8 heterocycles. The van der Waals surface area contributed by atoms with Crippen molar-refractivity contribution in [3.63, 3.8) is 0 Å². The number of carbonyl (C=O) groups is 5. The average Bonchev–Trinajstić information content (AvgIpc) is 1.60. The van der Waals surface area contributed by atoms with Gasteiger partial charge in [0.25, 0.3) is 0 Å². The first-order valence-corrected chi connectivity index (χ1v) is 53.0. The van der Waals surface area contributed by atoms with Gasteiger partial charge in [-0.15, -0.1) is 0 Å². The van der Waals surface area contributed by atoms with E-state index in [-0.39, 0.29) is 184 Å². The molecule has 9 N–H and O–H groups in total. The number of aryl methyl sites for hydroxylation is 3. The zero-order valence-corrected chi connectivity index (χ0v) is 90.0. The quantitative estimate of drug-likeness (QED) is 0.0160. The number of anilines is 4. The Morgan fingerprint density at radius 2 is 0.595 bits per heavy atom. The second-order valence-corrected chi connectivity index (χ2v) is 40.2. The minimum atomic E-state index is -1.15. The number of fused-ring (bicyclic) bond motifs is 12. The molecule has 0 aliphatic rings. The van der Waals surface area contributed by atoms with Crippen LogP contribution in [0.5, 0.6) is 0 Å². The molecule has 0 bridgehead atoms. The SMILES string of the molecule is CCCn1c(COCC)nc2c(NC[C@H](CC(C)C)NC(=O)COCCOCC(COCCOCC(=O)N[C@H](CNc3nc4ccccc4c4c3nc(COCC)n4CCC)CC(C)C)(COCCOCC(=O)N[C@H](CNc3nc4ccccc4c4c3nc(COCC)n4CCC)CC(C)C)COCCOCC(=O)N[C@@H](CC(C)C)C(=O)Nc3nc4ccccc4c4c3nc(COCC)n4CC(C)(C)O)nc3ccccc3c21. The number of hydrogen-bond acceptors (Lipinski definition) is 29. The largest absolute Gasteiger partial charge is 0.389 e. The maximum Gasteiger partial charge on any atom is 0.248 e. The molecule has 0 aliphatic heterocycles. The number of carbonyl (C=O) groups excluding carboxylic acids is 5. The van der Waals surface area contributed by atoms with Gasteiger partial charge in [0.2, 0.25) is 29.5 Å². The van der Waals surface area contributed by atoms with Gasteiger partial charge in [0.1, 0.15) is 104 Å². The molecule has 0 saturated carbocycles. The molecule has 8 aromatic heterocycles. The Balaban J connectivity index is 0.736. The minimum Gasteiger partial charge on any atom is -0.389 e. The molecule has 0 unspecified atom stereocenters. The standard InChI is InChI=1S/C110H160N20O18/c1-18-41-127-88(59-137-21-4)122-96-100(127)79-33-25-29-37-83(79)118-104(96)111-56-76(52-72(8)9)114-92(131)63-141-44-48-145-68-110(69-146-49-45-142-64-93(132)115-77(53-73(10)11)57-112-105-97-101(80-34-26-30-38-84(80)119-105)128(42-19-2)89(123-97)60-138-22-5,70-147-50-46-143-65-94(133)116-78(54-74(12)13)58-113-106-98-102(81-35-27-31-39-85(81)120-106)129(43-20-3)90(124-98)61-139-23-6)71-148-51-47-144-66-95(134)117-87(55-75(14)15)108(135)126-107-99-103(82-36-28-32-40-86(82)121-107)130(67-109(16,17)136)91(125-99)62-140-24-7/h25-40,72-78,87,136H,18-24,41-71H2,1-17H3,(H,111,118)(H,112,119)(H,113,120)(H,114,131)(H,115,132)(H,116,133)(H,117,134)(H,121,126,135)/t76-,77-,78-,87-/m0/s1. The number of nitrogens with one attached hydrogen (secondary N) is 8. The number of imidazole rings is 4. The summed E-state index contributed by atoms with van der Waals surface area (Å²) in [5.41, 5.74) is 6.93. The monoisotopic (exact) mass is 2050 g/mol. The summed E-state index contributed by atoms with van der Waals surface area (Å²) < 4.78 is 82.6. The van der Waals surface area contributed by atoms with Crippen molar-refractivity contribution in [1.82, 2.24) is 79.4 Å². The van der Waals surface area contributed by atoms with E-state index in [2.05, 4.69) is 137 Å². The molecule has 4 aromatic carbocycles. The van der Waals surface area contributed by atoms with Gasteiger partial charge in [-0.25, -0.2) is 39.9 Å². The van der Waals surface area contributed by atoms with E-state index < -0.39 is 35.5 Å². The lowest BCUT2D eigenvalue weighted by atomic mass is 9.92. The first kappa shape index (κ1) is 115. The van der Waals surface area contributed by atoms with Gasteiger partial charge in [0.05, 0.1) is 141 Å². The Morgan fingerprint density at radius 3 is 0.878 bits per heavy atom. The number of aliphatic hydroxyl groups is 1. The molecule has 0 aliphatic carbocycles. The summed E-state index contributed by atoms with van der Waals surface area (Å²) in [6.45, 7) is 39.5. The molecule has 38 nitrogen and oxygen atoms in total. The van der Waals surface area contributed by atoms with E-state index in [0.29, 0.717) is 125 Å². The van der Waals surface area contributed by atoms with Crippen molar-refractivity contribution in [1.29, 1.82) is 0 Å². The van der Waals surface area contributed by atoms with Crippen molar-refractivity contribution >= 4 is 141 Å². The number of aromatic nitrogens is 12. The Bertz CT molecular complexity index is 5820. The Labute approximate surface area is 868 Å². The third-order valence-corrected chi connectivity index (χ3v) is 24.8. The van der Waals surface area contributed by atoms with Gasteiger partial charge in [-0.05, 0) is 134 Å². The maximum absolute atomic E-state index is 14.6. The lowest BCUT2D eigenvalue weighted by Crippen LogP contribution is -2.46. The second-order valence-electron chi connectivity index (χ2n) is 40.2. The molecule has 0 spiro atoms. The molecule has 0 fully saturated rings. The number of amides is 5. The van der Waals surface area contributed by atoms with E-state index in [0.717, 1.165) is 128 Å². The summed E-state index contributed by atoms with van der Waals surface area (Å²) >= 11 is 0. The Morgan fingerprint density at radius 1 is 0.331 bits per heavy atom. The molecule has 12 aromatic rings. The third-order valence-electron chi connectivity index (χ3n) is 24.8. The van der Waals surface area contributed by atoms with Crippen molar-refractivity contribution < 1.29 is 85.9 Å². The van der Waals surface area contributed by atoms with E-state index in [9.17, 15) is 29.1 Å². The summed E-state index contributed by atoms with van der Waals surface area (Å²) in [5, 5.41) is 41.2. The smallest absolute Gasteiger partial charge is 0.248 e. The zero-order valence-electron chi connectivity index (χ0n) is 90.0. The summed E-state index contributed by atoms with van der Waals surface area (Å²) in [6, 6.07) is 29.6. The van der Waals surface area contributed by atoms with Crippen LogP contribution in [-0.4, -0.2) is 274 Å². The average molecular weight is 2050 g/mol. The lowest BCUT2D eigenvalue weighted by molar-refractivity contribution is -0.133. The van der Waals surface area contributed by atoms with Crippen LogP contribution >= 0.6 is 0 Å². The molecule has 0 saturated heterocycles. The Hall–Kier alpha value is -11.4. The van der Waals surface area contributed by atoms with Crippen molar-refractivity contribution in [2.24, 2.45) is 29.1 Å². The van der Waals surface area contributed by atoms with Crippen LogP contribution in [0.3, 0.4) is 0 Å². The van der Waals surface area contributed by atoms with Gasteiger partial charge in [0, 0.05) is 105 Å². The van der Waals surface area contributed by atoms with Crippen LogP contribution in [0.25, 0.3) is 87.7 Å². The van der Waals surface area contributed by atoms with Crippen LogP contribution in [0, 0.1) is 29.1 Å². The molecule has 808 valence electrons. The minimum absolute atomic E-state index is 0.0104. The van der Waals surface area contributed by atoms with Crippen molar-refractivity contribution in [3.05, 3.63) is 120 Å². The predicted octanol–water partition coefficient (Wildman–Crippen LogP) is 14.9. The van der Waals surface area contributed by atoms with Crippen LogP contribution in [-0.2, 0) is 133 Å². The van der Waals surface area contributed by atoms with E-state index in [1.54, 1.807) is 13.8 Å². The highest BCUT2D eigenvalue weighted by Gasteiger charge is 2.35. The van der Waals surface area contributed by atoms with Gasteiger partial charge in [-0.3, -0.25) is 24.0 Å². The van der Waals surface area contributed by atoms with Gasteiger partial charge in [-0.2, -0.15) is 0 Å². The van der Waals surface area contributed by atoms with E-state index in [1.165, 1.54) is 0 Å². The molecular formula is C110H160N20O18. The fourth-order valence-corrected chi connectivity index (χ4v) is 18.6. The first-order valence-electron chi connectivity index (χ1n) is 53.0. The van der Waals surface area contributed by atoms with Crippen LogP contribution in [0.15, 0.2) is 97.1 Å². The number of pyridine rings is 4. The van der Waals surface area contributed by atoms with E-state index >= 15 is 0 Å². The van der Waals surface area contributed by atoms with Gasteiger partial charge in [0.15, 0.2) is 23.3 Å². The zero-order chi connectivity index (χ0) is 106. The number of ether oxygens (including phenoxy) is 12. The summed E-state index contributed by atoms with van der Waals surface area (Å²) in [4.78, 5) is 111. The second kappa shape index (κ2) is 58.1. The molecular weight excluding hydrogens is 1890 g/mol. The van der Waals surface area contributed by atoms with Gasteiger partial charge in [-0.1, -0.05) is 149 Å². The predicted molar refractivity (Wildman–Crippen MR) is 577 cm³/mol. The van der Waals surface area contributed by atoms with E-state index in [1.807, 2.05) is 125 Å². The normalized spacial score (nSPS) is 13.1. The topological polar surface area (TPSA) is 435 Å². The number of para-hydroxylation sites is 4. The van der Waals surface area contributed by atoms with Crippen LogP contribution in [0.1, 0.15) is 186 Å². The van der Waals surface area contributed by atoms with Gasteiger partial charge < -0.3 is 123 Å². The van der Waals surface area contributed by atoms with Crippen LogP contribution in [0.2, 0.25) is 0 Å². The highest BCUT2D eigenvalue weighted by atomic mass is 16.6. The Kier molecular flexibility index (Phi) is 45.3.